The summed E-state index contributed by atoms with van der Waals surface area (Å²) < 4.78 is 0. The Hall–Kier alpha value is -1.55. The Kier molecular flexibility index (Phi) is 7.03. The average Bonchev–Trinajstić information content (AvgIpc) is 2.68. The van der Waals surface area contributed by atoms with Crippen LogP contribution in [0, 0.1) is 5.92 Å². The number of rotatable bonds is 5. The number of amides is 1. The van der Waals surface area contributed by atoms with E-state index in [2.05, 4.69) is 49.9 Å². The van der Waals surface area contributed by atoms with Crippen molar-refractivity contribution >= 4 is 11.6 Å². The van der Waals surface area contributed by atoms with Crippen LogP contribution < -0.4 is 10.6 Å². The second-order valence-electron chi connectivity index (χ2n) is 9.84. The Morgan fingerprint density at radius 3 is 2.18 bits per heavy atom. The van der Waals surface area contributed by atoms with Gasteiger partial charge in [0.2, 0.25) is 5.91 Å². The number of piperidine rings is 2. The molecule has 4 heteroatoms. The number of benzene rings is 1. The van der Waals surface area contributed by atoms with Gasteiger partial charge in [0.25, 0.3) is 0 Å². The van der Waals surface area contributed by atoms with Gasteiger partial charge in [-0.2, -0.15) is 0 Å². The molecule has 2 heterocycles. The molecule has 2 aliphatic heterocycles. The predicted molar refractivity (Wildman–Crippen MR) is 118 cm³/mol. The summed E-state index contributed by atoms with van der Waals surface area (Å²) in [6.07, 6.45) is 7.34. The molecule has 1 amide bonds. The van der Waals surface area contributed by atoms with E-state index in [4.69, 9.17) is 5.73 Å². The molecule has 0 aromatic heterocycles. The van der Waals surface area contributed by atoms with Gasteiger partial charge in [0.05, 0.1) is 0 Å². The first-order valence-electron chi connectivity index (χ1n) is 11.2. The van der Waals surface area contributed by atoms with Gasteiger partial charge in [-0.25, -0.2) is 0 Å². The van der Waals surface area contributed by atoms with Crippen LogP contribution in [0.5, 0.6) is 0 Å². The first kappa shape index (κ1) is 21.2. The van der Waals surface area contributed by atoms with Crippen LogP contribution in [0.15, 0.2) is 24.3 Å². The number of carbonyl (C=O) groups is 1. The smallest absolute Gasteiger partial charge is 0.222 e. The van der Waals surface area contributed by atoms with Gasteiger partial charge in [-0.3, -0.25) is 4.79 Å². The zero-order valence-corrected chi connectivity index (χ0v) is 18.1. The molecule has 0 radical (unpaired) electrons. The van der Waals surface area contributed by atoms with Crippen LogP contribution in [0.3, 0.4) is 0 Å². The summed E-state index contributed by atoms with van der Waals surface area (Å²) in [5.41, 5.74) is 8.89. The van der Waals surface area contributed by atoms with Crippen molar-refractivity contribution in [1.82, 2.24) is 4.90 Å². The number of hydrogen-bond acceptors (Lipinski definition) is 3. The van der Waals surface area contributed by atoms with E-state index >= 15 is 0 Å². The number of anilines is 1. The molecule has 28 heavy (non-hydrogen) atoms. The Bertz CT molecular complexity index is 618. The standard InChI is InChI=1S/C24H39N3O/c1-24(2,3)20-7-9-22(10-8-20)26-15-11-19(12-16-26)5-4-6-23(28)27-17-13-21(25)14-18-27/h7-10,19,21H,4-6,11-18,25H2,1-3H3. The summed E-state index contributed by atoms with van der Waals surface area (Å²) in [5.74, 6) is 1.11. The van der Waals surface area contributed by atoms with Crippen LogP contribution in [0.25, 0.3) is 0 Å². The highest BCUT2D eigenvalue weighted by molar-refractivity contribution is 5.76. The minimum atomic E-state index is 0.211. The van der Waals surface area contributed by atoms with Gasteiger partial charge >= 0.3 is 0 Å². The lowest BCUT2D eigenvalue weighted by Crippen LogP contribution is -2.42. The van der Waals surface area contributed by atoms with E-state index in [0.29, 0.717) is 18.4 Å². The fourth-order valence-corrected chi connectivity index (χ4v) is 4.50. The number of nitrogens with zero attached hydrogens (tertiary/aromatic N) is 2. The monoisotopic (exact) mass is 385 g/mol. The molecule has 156 valence electrons. The quantitative estimate of drug-likeness (QED) is 0.821. The molecule has 1 aromatic rings. The lowest BCUT2D eigenvalue weighted by molar-refractivity contribution is -0.132. The molecule has 2 fully saturated rings. The van der Waals surface area contributed by atoms with Crippen LogP contribution in [-0.4, -0.2) is 43.0 Å². The summed E-state index contributed by atoms with van der Waals surface area (Å²) in [7, 11) is 0. The van der Waals surface area contributed by atoms with Crippen LogP contribution in [0.1, 0.15) is 71.3 Å². The van der Waals surface area contributed by atoms with Crippen molar-refractivity contribution < 1.29 is 4.79 Å². The van der Waals surface area contributed by atoms with E-state index < -0.39 is 0 Å². The van der Waals surface area contributed by atoms with Crippen LogP contribution in [-0.2, 0) is 10.2 Å². The molecule has 0 saturated carbocycles. The van der Waals surface area contributed by atoms with E-state index in [0.717, 1.165) is 51.4 Å². The summed E-state index contributed by atoms with van der Waals surface area (Å²) in [5, 5.41) is 0. The van der Waals surface area contributed by atoms with Gasteiger partial charge in [-0.1, -0.05) is 32.9 Å². The van der Waals surface area contributed by atoms with Crippen LogP contribution in [0.4, 0.5) is 5.69 Å². The normalized spacial score (nSPS) is 19.9. The van der Waals surface area contributed by atoms with Crippen molar-refractivity contribution in [1.29, 1.82) is 0 Å². The topological polar surface area (TPSA) is 49.6 Å². The molecule has 0 bridgehead atoms. The SMILES string of the molecule is CC(C)(C)c1ccc(N2CCC(CCCC(=O)N3CCC(N)CC3)CC2)cc1. The van der Waals surface area contributed by atoms with Crippen molar-refractivity contribution in [2.45, 2.75) is 77.2 Å². The molecule has 0 unspecified atom stereocenters. The first-order valence-corrected chi connectivity index (χ1v) is 11.2. The highest BCUT2D eigenvalue weighted by Crippen LogP contribution is 2.29. The maximum Gasteiger partial charge on any atom is 0.222 e. The van der Waals surface area contributed by atoms with Crippen LogP contribution in [0.2, 0.25) is 0 Å². The number of hydrogen-bond donors (Lipinski definition) is 1. The molecular weight excluding hydrogens is 346 g/mol. The Balaban J connectivity index is 1.37. The minimum absolute atomic E-state index is 0.211. The Labute approximate surface area is 171 Å². The minimum Gasteiger partial charge on any atom is -0.372 e. The Morgan fingerprint density at radius 1 is 1.00 bits per heavy atom. The number of nitrogens with two attached hydrogens (primary N) is 1. The molecule has 4 nitrogen and oxygen atoms in total. The van der Waals surface area contributed by atoms with Gasteiger partial charge in [-0.15, -0.1) is 0 Å². The fourth-order valence-electron chi connectivity index (χ4n) is 4.50. The van der Waals surface area contributed by atoms with Crippen molar-refractivity contribution in [3.05, 3.63) is 29.8 Å². The van der Waals surface area contributed by atoms with Gasteiger partial charge in [0, 0.05) is 44.3 Å². The first-order chi connectivity index (χ1) is 13.3. The van der Waals surface area contributed by atoms with E-state index in [1.165, 1.54) is 30.5 Å². The zero-order valence-electron chi connectivity index (χ0n) is 18.1. The zero-order chi connectivity index (χ0) is 20.1. The third-order valence-corrected chi connectivity index (χ3v) is 6.61. The van der Waals surface area contributed by atoms with E-state index in [1.54, 1.807) is 0 Å². The van der Waals surface area contributed by atoms with E-state index in [1.807, 2.05) is 4.90 Å². The number of carbonyl (C=O) groups excluding carboxylic acids is 1. The second-order valence-corrected chi connectivity index (χ2v) is 9.84. The van der Waals surface area contributed by atoms with Crippen molar-refractivity contribution in [3.63, 3.8) is 0 Å². The van der Waals surface area contributed by atoms with Gasteiger partial charge in [0.1, 0.15) is 0 Å². The third-order valence-electron chi connectivity index (χ3n) is 6.61. The van der Waals surface area contributed by atoms with Crippen molar-refractivity contribution in [2.75, 3.05) is 31.1 Å². The summed E-state index contributed by atoms with van der Waals surface area (Å²) in [6, 6.07) is 9.41. The second kappa shape index (κ2) is 9.30. The molecule has 2 saturated heterocycles. The van der Waals surface area contributed by atoms with Gasteiger partial charge in [-0.05, 0) is 67.6 Å². The lowest BCUT2D eigenvalue weighted by atomic mass is 9.87. The molecule has 3 rings (SSSR count). The van der Waals surface area contributed by atoms with Crippen molar-refractivity contribution in [2.24, 2.45) is 11.7 Å². The van der Waals surface area contributed by atoms with E-state index in [9.17, 15) is 4.79 Å². The summed E-state index contributed by atoms with van der Waals surface area (Å²) in [6.45, 7) is 10.8. The predicted octanol–water partition coefficient (Wildman–Crippen LogP) is 4.32. The largest absolute Gasteiger partial charge is 0.372 e. The highest BCUT2D eigenvalue weighted by atomic mass is 16.2. The molecular formula is C24H39N3O. The molecule has 0 atom stereocenters. The van der Waals surface area contributed by atoms with Gasteiger partial charge < -0.3 is 15.5 Å². The van der Waals surface area contributed by atoms with Crippen LogP contribution >= 0.6 is 0 Å². The lowest BCUT2D eigenvalue weighted by Gasteiger charge is -2.34. The molecule has 2 N–H and O–H groups in total. The average molecular weight is 386 g/mol. The van der Waals surface area contributed by atoms with Crippen molar-refractivity contribution in [3.8, 4) is 0 Å². The summed E-state index contributed by atoms with van der Waals surface area (Å²) >= 11 is 0. The molecule has 0 aliphatic carbocycles. The maximum absolute atomic E-state index is 12.4. The fraction of sp³-hybridized carbons (Fsp3) is 0.708. The molecule has 0 spiro atoms. The highest BCUT2D eigenvalue weighted by Gasteiger charge is 2.22. The number of likely N-dealkylation sites (tertiary alicyclic amines) is 1. The maximum atomic E-state index is 12.4. The van der Waals surface area contributed by atoms with Gasteiger partial charge in [0.15, 0.2) is 0 Å². The summed E-state index contributed by atoms with van der Waals surface area (Å²) in [4.78, 5) is 16.9. The van der Waals surface area contributed by atoms with E-state index in [-0.39, 0.29) is 5.41 Å². The molecule has 1 aromatic carbocycles. The molecule has 2 aliphatic rings. The third kappa shape index (κ3) is 5.73. The Morgan fingerprint density at radius 2 is 1.61 bits per heavy atom.